The zero-order chi connectivity index (χ0) is 20.8. The number of hydrogen-bond acceptors (Lipinski definition) is 6. The molecule has 1 aliphatic carbocycles. The molecule has 0 unspecified atom stereocenters. The van der Waals surface area contributed by atoms with Crippen LogP contribution in [0.1, 0.15) is 28.3 Å². The number of amidine groups is 1. The summed E-state index contributed by atoms with van der Waals surface area (Å²) < 4.78 is 0. The van der Waals surface area contributed by atoms with Crippen molar-refractivity contribution in [2.45, 2.75) is 18.9 Å². The highest BCUT2D eigenvalue weighted by atomic mass is 35.5. The first kappa shape index (κ1) is 20.2. The fourth-order valence-corrected chi connectivity index (χ4v) is 3.74. The molecule has 9 heteroatoms. The van der Waals surface area contributed by atoms with Gasteiger partial charge >= 0.3 is 0 Å². The molecule has 0 atom stereocenters. The number of hydrogen-bond donors (Lipinski definition) is 2. The first-order valence-corrected chi connectivity index (χ1v) is 10.7. The number of pyridine rings is 1. The summed E-state index contributed by atoms with van der Waals surface area (Å²) in [6.45, 7) is 0. The van der Waals surface area contributed by atoms with E-state index < -0.39 is 0 Å². The van der Waals surface area contributed by atoms with Crippen LogP contribution in [0.15, 0.2) is 70.3 Å². The first-order valence-electron chi connectivity index (χ1n) is 9.43. The summed E-state index contributed by atoms with van der Waals surface area (Å²) in [7, 11) is 0. The Hall–Kier alpha value is -3.10. The Bertz CT molecular complexity index is 1050. The molecule has 0 aliphatic heterocycles. The number of halogens is 1. The Kier molecular flexibility index (Phi) is 6.46. The van der Waals surface area contributed by atoms with Gasteiger partial charge in [-0.15, -0.1) is 11.3 Å². The topological polar surface area (TPSA) is 91.6 Å². The second-order valence-corrected chi connectivity index (χ2v) is 8.06. The Labute approximate surface area is 182 Å². The lowest BCUT2D eigenvalue weighted by Crippen LogP contribution is -2.45. The average molecular weight is 439 g/mol. The third-order valence-corrected chi connectivity index (χ3v) is 5.68. The maximum Gasteiger partial charge on any atom is 0.270 e. The summed E-state index contributed by atoms with van der Waals surface area (Å²) in [5, 5.41) is 10.5. The van der Waals surface area contributed by atoms with Crippen LogP contribution in [0.25, 0.3) is 0 Å². The van der Waals surface area contributed by atoms with E-state index >= 15 is 0 Å². The minimum Gasteiger partial charge on any atom is -0.348 e. The second kappa shape index (κ2) is 9.60. The summed E-state index contributed by atoms with van der Waals surface area (Å²) in [6.07, 6.45) is 6.84. The number of nitrogens with one attached hydrogen (secondary N) is 2. The first-order chi connectivity index (χ1) is 14.7. The number of carbonyl (C=O) groups is 1. The average Bonchev–Trinajstić information content (AvgIpc) is 3.27. The van der Waals surface area contributed by atoms with Crippen molar-refractivity contribution in [2.24, 2.45) is 16.0 Å². The Morgan fingerprint density at radius 2 is 1.97 bits per heavy atom. The molecular formula is C21H19ClN6OS. The van der Waals surface area contributed by atoms with Crippen LogP contribution in [-0.4, -0.2) is 34.0 Å². The van der Waals surface area contributed by atoms with Gasteiger partial charge in [0, 0.05) is 30.0 Å². The van der Waals surface area contributed by atoms with Crippen LogP contribution >= 0.6 is 22.9 Å². The van der Waals surface area contributed by atoms with Gasteiger partial charge in [-0.3, -0.25) is 15.2 Å². The minimum atomic E-state index is -0.146. The molecule has 152 valence electrons. The van der Waals surface area contributed by atoms with Gasteiger partial charge in [0.1, 0.15) is 5.69 Å². The van der Waals surface area contributed by atoms with E-state index in [4.69, 9.17) is 11.6 Å². The molecule has 0 spiro atoms. The van der Waals surface area contributed by atoms with Crippen molar-refractivity contribution in [3.63, 3.8) is 0 Å². The number of amides is 1. The van der Waals surface area contributed by atoms with Gasteiger partial charge in [0.2, 0.25) is 0 Å². The molecule has 7 nitrogen and oxygen atoms in total. The lowest BCUT2D eigenvalue weighted by atomic mass is 9.81. The van der Waals surface area contributed by atoms with Crippen molar-refractivity contribution in [3.05, 3.63) is 76.0 Å². The fourth-order valence-electron chi connectivity index (χ4n) is 2.99. The molecule has 1 fully saturated rings. The SMILES string of the molecule is O=C(NC1CC(/C=N/NC(=Nc2ccccc2Cl)c2nccs2)C1)c1ccccn1. The molecule has 1 aliphatic rings. The lowest BCUT2D eigenvalue weighted by molar-refractivity contribution is 0.0902. The number of benzene rings is 1. The number of aromatic nitrogens is 2. The monoisotopic (exact) mass is 438 g/mol. The van der Waals surface area contributed by atoms with E-state index in [0.717, 1.165) is 17.8 Å². The highest BCUT2D eigenvalue weighted by molar-refractivity contribution is 7.11. The maximum atomic E-state index is 12.1. The van der Waals surface area contributed by atoms with Crippen LogP contribution in [0.3, 0.4) is 0 Å². The number of thiazole rings is 1. The maximum absolute atomic E-state index is 12.1. The molecule has 0 saturated heterocycles. The number of nitrogens with zero attached hydrogens (tertiary/aromatic N) is 4. The van der Waals surface area contributed by atoms with Crippen LogP contribution in [0.4, 0.5) is 5.69 Å². The minimum absolute atomic E-state index is 0.131. The quantitative estimate of drug-likeness (QED) is 0.345. The van der Waals surface area contributed by atoms with Crippen molar-refractivity contribution < 1.29 is 4.79 Å². The van der Waals surface area contributed by atoms with Crippen molar-refractivity contribution in [1.29, 1.82) is 0 Å². The summed E-state index contributed by atoms with van der Waals surface area (Å²) in [5.74, 6) is 0.671. The van der Waals surface area contributed by atoms with Crippen molar-refractivity contribution in [2.75, 3.05) is 0 Å². The van der Waals surface area contributed by atoms with E-state index in [1.807, 2.05) is 29.8 Å². The lowest BCUT2D eigenvalue weighted by Gasteiger charge is -2.33. The molecule has 0 bridgehead atoms. The Morgan fingerprint density at radius 3 is 2.70 bits per heavy atom. The molecule has 2 heterocycles. The number of carbonyl (C=O) groups excluding carboxylic acids is 1. The van der Waals surface area contributed by atoms with Crippen LogP contribution in [0.2, 0.25) is 5.02 Å². The molecule has 1 aromatic carbocycles. The Balaban J connectivity index is 1.33. The number of aliphatic imine (C=N–C) groups is 1. The predicted molar refractivity (Wildman–Crippen MR) is 120 cm³/mol. The molecule has 2 N–H and O–H groups in total. The van der Waals surface area contributed by atoms with E-state index in [2.05, 4.69) is 30.8 Å². The molecule has 1 amide bonds. The molecule has 0 radical (unpaired) electrons. The predicted octanol–water partition coefficient (Wildman–Crippen LogP) is 4.05. The standard InChI is InChI=1S/C21H19ClN6OS/c22-16-5-1-2-6-17(16)27-19(21-24-9-10-30-21)28-25-13-14-11-15(12-14)26-20(29)18-7-3-4-8-23-18/h1-10,13-15H,11-12H2,(H,26,29)(H,27,28)/b25-13+. The van der Waals surface area contributed by atoms with E-state index in [9.17, 15) is 4.79 Å². The van der Waals surface area contributed by atoms with E-state index in [-0.39, 0.29) is 17.9 Å². The highest BCUT2D eigenvalue weighted by Gasteiger charge is 2.29. The van der Waals surface area contributed by atoms with Gasteiger partial charge in [0.05, 0.1) is 10.7 Å². The molecular weight excluding hydrogens is 420 g/mol. The van der Waals surface area contributed by atoms with Gasteiger partial charge in [-0.05, 0) is 43.0 Å². The molecule has 2 aromatic heterocycles. The molecule has 3 aromatic rings. The zero-order valence-electron chi connectivity index (χ0n) is 15.9. The Morgan fingerprint density at radius 1 is 1.13 bits per heavy atom. The molecule has 30 heavy (non-hydrogen) atoms. The number of para-hydroxylation sites is 1. The van der Waals surface area contributed by atoms with E-state index in [1.54, 1.807) is 36.7 Å². The third-order valence-electron chi connectivity index (χ3n) is 4.58. The smallest absolute Gasteiger partial charge is 0.270 e. The molecule has 1 saturated carbocycles. The second-order valence-electron chi connectivity index (χ2n) is 6.76. The van der Waals surface area contributed by atoms with Crippen LogP contribution in [0.5, 0.6) is 0 Å². The van der Waals surface area contributed by atoms with Crippen molar-refractivity contribution >= 4 is 46.6 Å². The van der Waals surface area contributed by atoms with Gasteiger partial charge in [-0.1, -0.05) is 29.8 Å². The van der Waals surface area contributed by atoms with Gasteiger partial charge in [0.25, 0.3) is 5.91 Å². The van der Waals surface area contributed by atoms with Crippen molar-refractivity contribution in [3.8, 4) is 0 Å². The van der Waals surface area contributed by atoms with Gasteiger partial charge in [0.15, 0.2) is 10.8 Å². The van der Waals surface area contributed by atoms with Crippen molar-refractivity contribution in [1.82, 2.24) is 20.7 Å². The van der Waals surface area contributed by atoms with Gasteiger partial charge in [-0.2, -0.15) is 5.10 Å². The largest absolute Gasteiger partial charge is 0.348 e. The van der Waals surface area contributed by atoms with Crippen LogP contribution in [-0.2, 0) is 0 Å². The fraction of sp³-hybridized carbons (Fsp3) is 0.190. The summed E-state index contributed by atoms with van der Waals surface area (Å²) in [5.41, 5.74) is 4.07. The summed E-state index contributed by atoms with van der Waals surface area (Å²) in [6, 6.07) is 12.8. The van der Waals surface area contributed by atoms with Gasteiger partial charge < -0.3 is 5.32 Å². The van der Waals surface area contributed by atoms with Gasteiger partial charge in [-0.25, -0.2) is 9.98 Å². The van der Waals surface area contributed by atoms with E-state index in [0.29, 0.717) is 22.2 Å². The normalized spacial score (nSPS) is 18.8. The van der Waals surface area contributed by atoms with E-state index in [1.165, 1.54) is 11.3 Å². The summed E-state index contributed by atoms with van der Waals surface area (Å²) >= 11 is 7.68. The number of rotatable bonds is 6. The summed E-state index contributed by atoms with van der Waals surface area (Å²) in [4.78, 5) is 25.1. The highest BCUT2D eigenvalue weighted by Crippen LogP contribution is 2.26. The number of hydrazone groups is 1. The zero-order valence-corrected chi connectivity index (χ0v) is 17.5. The molecule has 4 rings (SSSR count). The van der Waals surface area contributed by atoms with Crippen LogP contribution < -0.4 is 10.7 Å². The third kappa shape index (κ3) is 5.08. The van der Waals surface area contributed by atoms with Crippen LogP contribution in [0, 0.1) is 5.92 Å².